The maximum Gasteiger partial charge on any atom is 0.416 e. The Balaban J connectivity index is 1.66. The van der Waals surface area contributed by atoms with Crippen molar-refractivity contribution >= 4 is 12.0 Å². The number of hydrogen-bond donors (Lipinski definition) is 1. The Labute approximate surface area is 218 Å². The van der Waals surface area contributed by atoms with Gasteiger partial charge in [0.05, 0.1) is 16.9 Å². The van der Waals surface area contributed by atoms with Gasteiger partial charge in [-0.3, -0.25) is 4.79 Å². The molecule has 8 nitrogen and oxygen atoms in total. The lowest BCUT2D eigenvalue weighted by Gasteiger charge is -2.39. The Hall–Kier alpha value is -4.02. The number of carbonyl (C=O) groups is 2. The van der Waals surface area contributed by atoms with E-state index in [1.54, 1.807) is 49.6 Å². The van der Waals surface area contributed by atoms with Crippen molar-refractivity contribution in [3.8, 4) is 22.7 Å². The van der Waals surface area contributed by atoms with Crippen LogP contribution in [-0.2, 0) is 10.9 Å². The van der Waals surface area contributed by atoms with Gasteiger partial charge >= 0.3 is 12.3 Å². The number of piperazine rings is 1. The molecule has 1 saturated heterocycles. The van der Waals surface area contributed by atoms with Crippen LogP contribution in [0.25, 0.3) is 16.9 Å². The molecule has 1 unspecified atom stereocenters. The molecule has 3 aromatic rings. The minimum atomic E-state index is -4.55. The molecule has 1 aliphatic rings. The van der Waals surface area contributed by atoms with Crippen molar-refractivity contribution in [3.63, 3.8) is 0 Å². The topological polar surface area (TPSA) is 87.9 Å². The van der Waals surface area contributed by atoms with Crippen LogP contribution in [0.1, 0.15) is 43.7 Å². The number of aromatic nitrogens is 2. The molecule has 4 rings (SSSR count). The number of alkyl halides is 3. The number of ether oxygens (including phenoxy) is 1. The Morgan fingerprint density at radius 2 is 1.74 bits per heavy atom. The Kier molecular flexibility index (Phi) is 7.14. The van der Waals surface area contributed by atoms with E-state index in [-0.39, 0.29) is 48.4 Å². The van der Waals surface area contributed by atoms with E-state index in [0.717, 1.165) is 12.1 Å². The van der Waals surface area contributed by atoms with Crippen LogP contribution in [0.5, 0.6) is 5.75 Å². The van der Waals surface area contributed by atoms with Crippen molar-refractivity contribution in [2.45, 2.75) is 45.5 Å². The summed E-state index contributed by atoms with van der Waals surface area (Å²) in [6.45, 7) is 7.88. The summed E-state index contributed by atoms with van der Waals surface area (Å²) in [6, 6.07) is 11.9. The molecule has 11 heteroatoms. The second-order valence-corrected chi connectivity index (χ2v) is 10.2. The highest BCUT2D eigenvalue weighted by molar-refractivity contribution is 5.94. The van der Waals surface area contributed by atoms with Gasteiger partial charge in [0.15, 0.2) is 5.69 Å². The van der Waals surface area contributed by atoms with Crippen LogP contribution >= 0.6 is 0 Å². The van der Waals surface area contributed by atoms with E-state index in [4.69, 9.17) is 4.74 Å². The van der Waals surface area contributed by atoms with Crippen LogP contribution in [0.2, 0.25) is 0 Å². The molecule has 2 heterocycles. The zero-order valence-corrected chi connectivity index (χ0v) is 21.5. The van der Waals surface area contributed by atoms with E-state index in [9.17, 15) is 27.9 Å². The monoisotopic (exact) mass is 530 g/mol. The summed E-state index contributed by atoms with van der Waals surface area (Å²) < 4.78 is 47.0. The molecule has 38 heavy (non-hydrogen) atoms. The average Bonchev–Trinajstić information content (AvgIpc) is 3.28. The molecule has 0 saturated carbocycles. The Bertz CT molecular complexity index is 1350. The largest absolute Gasteiger partial charge is 0.508 e. The standard InChI is InChI=1S/C27H29F3N4O4/c1-17-16-32(25(37)38-26(2,3)4)11-12-33(17)24(36)22-15-23(18-7-5-8-19(13-18)27(28,29)30)34(31-22)20-9-6-10-21(35)14-20/h5-10,13-15,17,35H,11-12,16H2,1-4H3. The zero-order chi connectivity index (χ0) is 27.8. The summed E-state index contributed by atoms with van der Waals surface area (Å²) in [6.07, 6.45) is -5.01. The third-order valence-electron chi connectivity index (χ3n) is 6.03. The lowest BCUT2D eigenvalue weighted by atomic mass is 10.1. The molecule has 0 aliphatic carbocycles. The number of rotatable bonds is 3. The number of carbonyl (C=O) groups excluding carboxylic acids is 2. The minimum absolute atomic E-state index is 0.0262. The third kappa shape index (κ3) is 5.92. The highest BCUT2D eigenvalue weighted by Gasteiger charge is 2.34. The third-order valence-corrected chi connectivity index (χ3v) is 6.03. The van der Waals surface area contributed by atoms with Gasteiger partial charge in [0.25, 0.3) is 5.91 Å². The van der Waals surface area contributed by atoms with Crippen LogP contribution < -0.4 is 0 Å². The first-order valence-electron chi connectivity index (χ1n) is 12.1. The van der Waals surface area contributed by atoms with Gasteiger partial charge in [-0.25, -0.2) is 9.48 Å². The predicted octanol–water partition coefficient (Wildman–Crippen LogP) is 5.35. The summed E-state index contributed by atoms with van der Waals surface area (Å²) >= 11 is 0. The number of hydrogen-bond acceptors (Lipinski definition) is 5. The summed E-state index contributed by atoms with van der Waals surface area (Å²) in [5, 5.41) is 14.4. The van der Waals surface area contributed by atoms with Gasteiger partial charge in [-0.15, -0.1) is 0 Å². The van der Waals surface area contributed by atoms with Crippen LogP contribution in [0.4, 0.5) is 18.0 Å². The summed E-state index contributed by atoms with van der Waals surface area (Å²) in [5.74, 6) is -0.485. The van der Waals surface area contributed by atoms with Crippen molar-refractivity contribution < 1.29 is 32.6 Å². The molecule has 1 aliphatic heterocycles. The van der Waals surface area contributed by atoms with Crippen LogP contribution in [0.15, 0.2) is 54.6 Å². The summed E-state index contributed by atoms with van der Waals surface area (Å²) in [4.78, 5) is 29.1. The molecule has 1 fully saturated rings. The van der Waals surface area contributed by atoms with Crippen molar-refractivity contribution in [1.29, 1.82) is 0 Å². The number of phenolic OH excluding ortho intramolecular Hbond substituents is 1. The van der Waals surface area contributed by atoms with E-state index in [2.05, 4.69) is 5.10 Å². The van der Waals surface area contributed by atoms with Crippen LogP contribution in [0.3, 0.4) is 0 Å². The normalized spacial score (nSPS) is 16.4. The van der Waals surface area contributed by atoms with Crippen molar-refractivity contribution in [3.05, 3.63) is 65.9 Å². The number of aromatic hydroxyl groups is 1. The number of halogens is 3. The predicted molar refractivity (Wildman–Crippen MR) is 134 cm³/mol. The molecule has 202 valence electrons. The van der Waals surface area contributed by atoms with Crippen molar-refractivity contribution in [1.82, 2.24) is 19.6 Å². The Morgan fingerprint density at radius 1 is 1.03 bits per heavy atom. The first-order chi connectivity index (χ1) is 17.7. The van der Waals surface area contributed by atoms with Crippen molar-refractivity contribution in [2.24, 2.45) is 0 Å². The zero-order valence-electron chi connectivity index (χ0n) is 21.5. The maximum atomic E-state index is 13.5. The van der Waals surface area contributed by atoms with Gasteiger partial charge in [0.2, 0.25) is 0 Å². The molecule has 0 bridgehead atoms. The van der Waals surface area contributed by atoms with Gasteiger partial charge in [-0.2, -0.15) is 18.3 Å². The van der Waals surface area contributed by atoms with Crippen LogP contribution in [-0.4, -0.2) is 68.0 Å². The van der Waals surface area contributed by atoms with Gasteiger partial charge < -0.3 is 19.6 Å². The molecular formula is C27H29F3N4O4. The molecule has 2 amide bonds. The SMILES string of the molecule is CC1CN(C(=O)OC(C)(C)C)CCN1C(=O)c1cc(-c2cccc(C(F)(F)F)c2)n(-c2cccc(O)c2)n1. The second-order valence-electron chi connectivity index (χ2n) is 10.2. The molecule has 2 aromatic carbocycles. The lowest BCUT2D eigenvalue weighted by Crippen LogP contribution is -2.56. The first-order valence-corrected chi connectivity index (χ1v) is 12.1. The fraction of sp³-hybridized carbons (Fsp3) is 0.370. The average molecular weight is 531 g/mol. The highest BCUT2D eigenvalue weighted by Crippen LogP contribution is 2.33. The number of phenols is 1. The van der Waals surface area contributed by atoms with Gasteiger partial charge in [0.1, 0.15) is 11.4 Å². The highest BCUT2D eigenvalue weighted by atomic mass is 19.4. The fourth-order valence-corrected chi connectivity index (χ4v) is 4.27. The second kappa shape index (κ2) is 10.0. The van der Waals surface area contributed by atoms with E-state index in [1.165, 1.54) is 35.0 Å². The van der Waals surface area contributed by atoms with E-state index in [0.29, 0.717) is 5.69 Å². The molecule has 0 spiro atoms. The molecule has 1 aromatic heterocycles. The molecule has 1 N–H and O–H groups in total. The number of amides is 2. The fourth-order valence-electron chi connectivity index (χ4n) is 4.27. The number of nitrogens with zero attached hydrogens (tertiary/aromatic N) is 4. The summed E-state index contributed by atoms with van der Waals surface area (Å²) in [7, 11) is 0. The summed E-state index contributed by atoms with van der Waals surface area (Å²) in [5.41, 5.74) is -0.621. The van der Waals surface area contributed by atoms with Gasteiger partial charge in [-0.1, -0.05) is 18.2 Å². The quantitative estimate of drug-likeness (QED) is 0.494. The van der Waals surface area contributed by atoms with E-state index < -0.39 is 29.3 Å². The lowest BCUT2D eigenvalue weighted by molar-refractivity contribution is -0.137. The smallest absolute Gasteiger partial charge is 0.416 e. The van der Waals surface area contributed by atoms with E-state index >= 15 is 0 Å². The first kappa shape index (κ1) is 27.0. The molecular weight excluding hydrogens is 501 g/mol. The van der Waals surface area contributed by atoms with Crippen LogP contribution in [0, 0.1) is 0 Å². The minimum Gasteiger partial charge on any atom is -0.508 e. The van der Waals surface area contributed by atoms with Gasteiger partial charge in [-0.05, 0) is 58.0 Å². The van der Waals surface area contributed by atoms with Crippen molar-refractivity contribution in [2.75, 3.05) is 19.6 Å². The molecule has 1 atom stereocenters. The van der Waals surface area contributed by atoms with E-state index in [1.807, 2.05) is 0 Å². The number of benzene rings is 2. The Morgan fingerprint density at radius 3 is 2.37 bits per heavy atom. The van der Waals surface area contributed by atoms with Gasteiger partial charge in [0, 0.05) is 37.3 Å². The maximum absolute atomic E-state index is 13.5. The molecule has 0 radical (unpaired) electrons.